The maximum atomic E-state index is 12.0. The molecule has 20 heavy (non-hydrogen) atoms. The van der Waals surface area contributed by atoms with Crippen LogP contribution >= 0.6 is 11.3 Å². The van der Waals surface area contributed by atoms with Crippen LogP contribution in [0.4, 0.5) is 5.69 Å². The van der Waals surface area contributed by atoms with Crippen molar-refractivity contribution in [2.45, 2.75) is 6.92 Å². The highest BCUT2D eigenvalue weighted by Crippen LogP contribution is 2.23. The fourth-order valence-electron chi connectivity index (χ4n) is 1.60. The molecule has 2 heterocycles. The Morgan fingerprint density at radius 1 is 1.40 bits per heavy atom. The molecule has 0 atom stereocenters. The van der Waals surface area contributed by atoms with Crippen LogP contribution in [0.25, 0.3) is 0 Å². The molecular formula is C13H12N2O4S. The maximum absolute atomic E-state index is 12.0. The molecule has 1 amide bonds. The first kappa shape index (κ1) is 14.0. The van der Waals surface area contributed by atoms with Gasteiger partial charge in [0.25, 0.3) is 5.91 Å². The number of carbonyl (C=O) groups excluding carboxylic acids is 2. The topological polar surface area (TPSA) is 88.3 Å². The van der Waals surface area contributed by atoms with E-state index in [4.69, 9.17) is 0 Å². The van der Waals surface area contributed by atoms with Gasteiger partial charge in [-0.3, -0.25) is 9.59 Å². The number of H-pyrrole nitrogens is 1. The van der Waals surface area contributed by atoms with Crippen LogP contribution in [0.1, 0.15) is 25.7 Å². The Labute approximate surface area is 118 Å². The Morgan fingerprint density at radius 2 is 2.15 bits per heavy atom. The van der Waals surface area contributed by atoms with E-state index in [-0.39, 0.29) is 15.9 Å². The molecular weight excluding hydrogens is 280 g/mol. The van der Waals surface area contributed by atoms with Gasteiger partial charge in [-0.25, -0.2) is 4.79 Å². The van der Waals surface area contributed by atoms with E-state index in [9.17, 15) is 14.4 Å². The predicted molar refractivity (Wildman–Crippen MR) is 75.4 cm³/mol. The van der Waals surface area contributed by atoms with Gasteiger partial charge < -0.3 is 15.0 Å². The lowest BCUT2D eigenvalue weighted by Gasteiger charge is -2.05. The number of amides is 1. The minimum atomic E-state index is -0.574. The molecule has 6 nitrogen and oxygen atoms in total. The number of anilines is 1. The number of aromatic amines is 1. The number of esters is 1. The van der Waals surface area contributed by atoms with Gasteiger partial charge in [0.15, 0.2) is 5.43 Å². The highest BCUT2D eigenvalue weighted by Gasteiger charge is 2.17. The van der Waals surface area contributed by atoms with Gasteiger partial charge in [0, 0.05) is 18.0 Å². The Bertz CT molecular complexity index is 717. The Hall–Kier alpha value is -2.41. The van der Waals surface area contributed by atoms with Crippen molar-refractivity contribution in [1.29, 1.82) is 0 Å². The molecule has 0 aliphatic carbocycles. The van der Waals surface area contributed by atoms with E-state index < -0.39 is 11.9 Å². The largest absolute Gasteiger partial charge is 0.465 e. The summed E-state index contributed by atoms with van der Waals surface area (Å²) in [6.07, 6.45) is 1.34. The number of nitrogens with one attached hydrogen (secondary N) is 2. The number of aromatic nitrogens is 1. The van der Waals surface area contributed by atoms with E-state index >= 15 is 0 Å². The van der Waals surface area contributed by atoms with Crippen molar-refractivity contribution in [2.24, 2.45) is 0 Å². The Balaban J connectivity index is 2.26. The van der Waals surface area contributed by atoms with Crippen molar-refractivity contribution in [2.75, 3.05) is 12.4 Å². The molecule has 104 valence electrons. The third-order valence-corrected chi connectivity index (χ3v) is 3.48. The molecule has 2 rings (SSSR count). The number of carbonyl (C=O) groups is 2. The minimum absolute atomic E-state index is 0.0161. The molecule has 0 unspecified atom stereocenters. The molecule has 0 aliphatic heterocycles. The van der Waals surface area contributed by atoms with Crippen LogP contribution in [0.5, 0.6) is 0 Å². The number of aryl methyl sites for hydroxylation is 1. The molecule has 0 saturated carbocycles. The van der Waals surface area contributed by atoms with Crippen molar-refractivity contribution >= 4 is 28.9 Å². The second-order valence-electron chi connectivity index (χ2n) is 4.00. The molecule has 0 aromatic carbocycles. The second-order valence-corrected chi connectivity index (χ2v) is 4.92. The van der Waals surface area contributed by atoms with Crippen molar-refractivity contribution in [1.82, 2.24) is 4.98 Å². The number of hydrogen-bond acceptors (Lipinski definition) is 5. The highest BCUT2D eigenvalue weighted by molar-refractivity contribution is 7.12. The van der Waals surface area contributed by atoms with Gasteiger partial charge in [-0.1, -0.05) is 0 Å². The van der Waals surface area contributed by atoms with E-state index in [1.165, 1.54) is 19.4 Å². The zero-order chi connectivity index (χ0) is 14.7. The zero-order valence-corrected chi connectivity index (χ0v) is 11.7. The molecule has 0 saturated heterocycles. The van der Waals surface area contributed by atoms with E-state index in [2.05, 4.69) is 15.0 Å². The number of rotatable bonds is 3. The number of hydrogen-bond donors (Lipinski definition) is 2. The number of pyridine rings is 1. The molecule has 0 spiro atoms. The SMILES string of the molecule is COC(=O)c1sccc1NC(=O)c1c[nH]c(C)cc1=O. The second kappa shape index (κ2) is 5.70. The van der Waals surface area contributed by atoms with Gasteiger partial charge in [-0.05, 0) is 18.4 Å². The lowest BCUT2D eigenvalue weighted by atomic mass is 10.2. The van der Waals surface area contributed by atoms with Crippen LogP contribution < -0.4 is 10.7 Å². The fourth-order valence-corrected chi connectivity index (χ4v) is 2.36. The van der Waals surface area contributed by atoms with Crippen LogP contribution in [0, 0.1) is 6.92 Å². The lowest BCUT2D eigenvalue weighted by Crippen LogP contribution is -2.22. The lowest BCUT2D eigenvalue weighted by molar-refractivity contribution is 0.0607. The predicted octanol–water partition coefficient (Wildman–Crippen LogP) is 1.78. The summed E-state index contributed by atoms with van der Waals surface area (Å²) in [6.45, 7) is 1.72. The number of thiophene rings is 1. The van der Waals surface area contributed by atoms with Crippen LogP contribution in [0.15, 0.2) is 28.5 Å². The van der Waals surface area contributed by atoms with Gasteiger partial charge in [0.2, 0.25) is 0 Å². The molecule has 2 aromatic heterocycles. The van der Waals surface area contributed by atoms with Gasteiger partial charge >= 0.3 is 5.97 Å². The fraction of sp³-hybridized carbons (Fsp3) is 0.154. The smallest absolute Gasteiger partial charge is 0.350 e. The van der Waals surface area contributed by atoms with Crippen molar-refractivity contribution in [3.8, 4) is 0 Å². The molecule has 0 aliphatic rings. The zero-order valence-electron chi connectivity index (χ0n) is 10.9. The molecule has 2 N–H and O–H groups in total. The van der Waals surface area contributed by atoms with Crippen molar-refractivity contribution in [3.05, 3.63) is 50.1 Å². The summed E-state index contributed by atoms with van der Waals surface area (Å²) in [4.78, 5) is 38.3. The van der Waals surface area contributed by atoms with Crippen LogP contribution in [0.2, 0.25) is 0 Å². The highest BCUT2D eigenvalue weighted by atomic mass is 32.1. The van der Waals surface area contributed by atoms with Gasteiger partial charge in [-0.15, -0.1) is 11.3 Å². The standard InChI is InChI=1S/C13H12N2O4S/c1-7-5-10(16)8(6-14-7)12(17)15-9-3-4-20-11(9)13(18)19-2/h3-6H,1-2H3,(H,14,16)(H,15,17). The molecule has 2 aromatic rings. The maximum Gasteiger partial charge on any atom is 0.350 e. The third-order valence-electron chi connectivity index (χ3n) is 2.59. The molecule has 7 heteroatoms. The molecule has 0 radical (unpaired) electrons. The average Bonchev–Trinajstić information content (AvgIpc) is 2.85. The minimum Gasteiger partial charge on any atom is -0.465 e. The monoisotopic (exact) mass is 292 g/mol. The first-order valence-corrected chi connectivity index (χ1v) is 6.57. The van der Waals surface area contributed by atoms with Crippen molar-refractivity contribution in [3.63, 3.8) is 0 Å². The normalized spacial score (nSPS) is 10.1. The van der Waals surface area contributed by atoms with Crippen LogP contribution in [-0.2, 0) is 4.74 Å². The summed E-state index contributed by atoms with van der Waals surface area (Å²) in [5.41, 5.74) is 0.593. The summed E-state index contributed by atoms with van der Waals surface area (Å²) in [6, 6.07) is 2.92. The van der Waals surface area contributed by atoms with E-state index in [1.807, 2.05) is 0 Å². The van der Waals surface area contributed by atoms with Gasteiger partial charge in [0.05, 0.1) is 12.8 Å². The molecule has 0 bridgehead atoms. The first-order chi connectivity index (χ1) is 9.52. The third kappa shape index (κ3) is 2.77. The average molecular weight is 292 g/mol. The molecule has 0 fully saturated rings. The van der Waals surface area contributed by atoms with E-state index in [0.717, 1.165) is 11.3 Å². The number of methoxy groups -OCH3 is 1. The summed E-state index contributed by atoms with van der Waals surface area (Å²) >= 11 is 1.15. The van der Waals surface area contributed by atoms with Crippen LogP contribution in [0.3, 0.4) is 0 Å². The quantitative estimate of drug-likeness (QED) is 0.844. The summed E-state index contributed by atoms with van der Waals surface area (Å²) in [5.74, 6) is -1.11. The summed E-state index contributed by atoms with van der Waals surface area (Å²) in [5, 5.41) is 4.19. The van der Waals surface area contributed by atoms with Crippen molar-refractivity contribution < 1.29 is 14.3 Å². The van der Waals surface area contributed by atoms with E-state index in [0.29, 0.717) is 11.4 Å². The Morgan fingerprint density at radius 3 is 2.80 bits per heavy atom. The van der Waals surface area contributed by atoms with Crippen LogP contribution in [-0.4, -0.2) is 24.0 Å². The van der Waals surface area contributed by atoms with E-state index in [1.54, 1.807) is 18.4 Å². The van der Waals surface area contributed by atoms with Gasteiger partial charge in [0.1, 0.15) is 10.4 Å². The summed E-state index contributed by atoms with van der Waals surface area (Å²) < 4.78 is 4.61. The number of ether oxygens (including phenoxy) is 1. The first-order valence-electron chi connectivity index (χ1n) is 5.69. The summed E-state index contributed by atoms with van der Waals surface area (Å²) in [7, 11) is 1.26. The Kier molecular flexibility index (Phi) is 3.99. The van der Waals surface area contributed by atoms with Gasteiger partial charge in [-0.2, -0.15) is 0 Å².